The molecule has 0 spiro atoms. The van der Waals surface area contributed by atoms with Crippen LogP contribution in [0.3, 0.4) is 0 Å². The highest BCUT2D eigenvalue weighted by atomic mass is 16.5. The number of rotatable bonds is 2. The van der Waals surface area contributed by atoms with E-state index in [2.05, 4.69) is 11.8 Å². The van der Waals surface area contributed by atoms with Crippen LogP contribution in [0.4, 0.5) is 0 Å². The van der Waals surface area contributed by atoms with Gasteiger partial charge in [-0.3, -0.25) is 4.90 Å². The molecule has 64 valence electrons. The maximum atomic E-state index is 5.59. The fraction of sp³-hybridized carbons (Fsp3) is 1.00. The van der Waals surface area contributed by atoms with Gasteiger partial charge in [-0.2, -0.15) is 0 Å². The average Bonchev–Trinajstić information content (AvgIpc) is 2.87. The predicted molar refractivity (Wildman–Crippen MR) is 44.6 cm³/mol. The summed E-state index contributed by atoms with van der Waals surface area (Å²) in [6.07, 6.45) is 4.54. The molecule has 1 saturated heterocycles. The van der Waals surface area contributed by atoms with E-state index in [0.29, 0.717) is 6.10 Å². The minimum atomic E-state index is 0.518. The van der Waals surface area contributed by atoms with Gasteiger partial charge >= 0.3 is 0 Å². The summed E-state index contributed by atoms with van der Waals surface area (Å²) in [5.41, 5.74) is 0. The lowest BCUT2D eigenvalue weighted by molar-refractivity contribution is -0.0325. The molecule has 0 amide bonds. The van der Waals surface area contributed by atoms with Crippen LogP contribution in [0.5, 0.6) is 0 Å². The van der Waals surface area contributed by atoms with Gasteiger partial charge in [0.1, 0.15) is 0 Å². The molecule has 2 rings (SSSR count). The van der Waals surface area contributed by atoms with Crippen LogP contribution in [0.1, 0.15) is 26.2 Å². The molecule has 1 aliphatic heterocycles. The molecule has 0 aromatic carbocycles. The Morgan fingerprint density at radius 1 is 1.45 bits per heavy atom. The first-order valence-corrected chi connectivity index (χ1v) is 4.76. The minimum Gasteiger partial charge on any atom is -0.376 e. The SMILES string of the molecule is CC[C@@H]1CN(C2CC2)CCO1. The van der Waals surface area contributed by atoms with Gasteiger partial charge in [-0.1, -0.05) is 6.92 Å². The van der Waals surface area contributed by atoms with E-state index in [1.807, 2.05) is 0 Å². The third kappa shape index (κ3) is 1.74. The summed E-state index contributed by atoms with van der Waals surface area (Å²) in [6, 6.07) is 0.924. The van der Waals surface area contributed by atoms with E-state index in [4.69, 9.17) is 4.74 Å². The van der Waals surface area contributed by atoms with E-state index in [1.165, 1.54) is 32.4 Å². The van der Waals surface area contributed by atoms with E-state index in [1.54, 1.807) is 0 Å². The molecule has 0 unspecified atom stereocenters. The van der Waals surface area contributed by atoms with Crippen molar-refractivity contribution >= 4 is 0 Å². The molecule has 1 atom stereocenters. The topological polar surface area (TPSA) is 12.5 Å². The summed E-state index contributed by atoms with van der Waals surface area (Å²) < 4.78 is 5.59. The smallest absolute Gasteiger partial charge is 0.0700 e. The number of morpholine rings is 1. The maximum Gasteiger partial charge on any atom is 0.0700 e. The Balaban J connectivity index is 1.82. The summed E-state index contributed by atoms with van der Waals surface area (Å²) in [5, 5.41) is 0. The lowest BCUT2D eigenvalue weighted by Gasteiger charge is -2.32. The molecule has 1 heterocycles. The summed E-state index contributed by atoms with van der Waals surface area (Å²) in [4.78, 5) is 2.59. The fourth-order valence-corrected chi connectivity index (χ4v) is 1.76. The number of nitrogens with zero attached hydrogens (tertiary/aromatic N) is 1. The van der Waals surface area contributed by atoms with Gasteiger partial charge in [-0.05, 0) is 19.3 Å². The molecule has 1 saturated carbocycles. The predicted octanol–water partition coefficient (Wildman–Crippen LogP) is 1.26. The Labute approximate surface area is 68.5 Å². The minimum absolute atomic E-state index is 0.518. The summed E-state index contributed by atoms with van der Waals surface area (Å²) >= 11 is 0. The first-order chi connectivity index (χ1) is 5.40. The van der Waals surface area contributed by atoms with E-state index in [0.717, 1.165) is 12.6 Å². The molecular formula is C9H17NO. The Hall–Kier alpha value is -0.0800. The van der Waals surface area contributed by atoms with Crippen LogP contribution in [0.25, 0.3) is 0 Å². The number of hydrogen-bond donors (Lipinski definition) is 0. The number of ether oxygens (including phenoxy) is 1. The van der Waals surface area contributed by atoms with Gasteiger partial charge in [0.2, 0.25) is 0 Å². The van der Waals surface area contributed by atoms with Crippen LogP contribution in [-0.4, -0.2) is 36.7 Å². The van der Waals surface area contributed by atoms with Gasteiger partial charge in [0.25, 0.3) is 0 Å². The second-order valence-electron chi connectivity index (χ2n) is 3.63. The third-order valence-electron chi connectivity index (χ3n) is 2.69. The Kier molecular flexibility index (Phi) is 2.14. The van der Waals surface area contributed by atoms with Gasteiger partial charge in [0.05, 0.1) is 12.7 Å². The molecule has 0 bridgehead atoms. The van der Waals surface area contributed by atoms with Crippen LogP contribution in [0, 0.1) is 0 Å². The summed E-state index contributed by atoms with van der Waals surface area (Å²) in [6.45, 7) is 5.51. The second kappa shape index (κ2) is 3.11. The quantitative estimate of drug-likeness (QED) is 0.595. The standard InChI is InChI=1S/C9H17NO/c1-2-9-7-10(5-6-11-9)8-3-4-8/h8-9H,2-7H2,1H3/t9-/m1/s1. The Morgan fingerprint density at radius 2 is 2.27 bits per heavy atom. The average molecular weight is 155 g/mol. The van der Waals surface area contributed by atoms with E-state index < -0.39 is 0 Å². The first-order valence-electron chi connectivity index (χ1n) is 4.76. The van der Waals surface area contributed by atoms with Crippen LogP contribution >= 0.6 is 0 Å². The van der Waals surface area contributed by atoms with Crippen LogP contribution < -0.4 is 0 Å². The van der Waals surface area contributed by atoms with Gasteiger partial charge in [-0.15, -0.1) is 0 Å². The van der Waals surface area contributed by atoms with Gasteiger partial charge in [0.15, 0.2) is 0 Å². The maximum absolute atomic E-state index is 5.59. The summed E-state index contributed by atoms with van der Waals surface area (Å²) in [7, 11) is 0. The normalized spacial score (nSPS) is 34.1. The van der Waals surface area contributed by atoms with Crippen molar-refractivity contribution in [2.75, 3.05) is 19.7 Å². The molecule has 0 N–H and O–H groups in total. The van der Waals surface area contributed by atoms with Crippen LogP contribution in [0.15, 0.2) is 0 Å². The van der Waals surface area contributed by atoms with Crippen molar-refractivity contribution in [1.82, 2.24) is 4.90 Å². The monoisotopic (exact) mass is 155 g/mol. The van der Waals surface area contributed by atoms with Crippen molar-refractivity contribution < 1.29 is 4.74 Å². The highest BCUT2D eigenvalue weighted by Crippen LogP contribution is 2.28. The Morgan fingerprint density at radius 3 is 2.91 bits per heavy atom. The Bertz CT molecular complexity index is 134. The lowest BCUT2D eigenvalue weighted by Crippen LogP contribution is -2.43. The number of hydrogen-bond acceptors (Lipinski definition) is 2. The molecule has 0 radical (unpaired) electrons. The molecule has 2 heteroatoms. The van der Waals surface area contributed by atoms with Crippen molar-refractivity contribution in [1.29, 1.82) is 0 Å². The second-order valence-corrected chi connectivity index (χ2v) is 3.63. The van der Waals surface area contributed by atoms with E-state index in [-0.39, 0.29) is 0 Å². The third-order valence-corrected chi connectivity index (χ3v) is 2.69. The highest BCUT2D eigenvalue weighted by Gasteiger charge is 2.32. The molecular weight excluding hydrogens is 138 g/mol. The first kappa shape index (κ1) is 7.56. The van der Waals surface area contributed by atoms with E-state index >= 15 is 0 Å². The van der Waals surface area contributed by atoms with Gasteiger partial charge < -0.3 is 4.74 Å². The zero-order valence-electron chi connectivity index (χ0n) is 7.25. The molecule has 2 nitrogen and oxygen atoms in total. The van der Waals surface area contributed by atoms with Crippen molar-refractivity contribution in [3.05, 3.63) is 0 Å². The molecule has 11 heavy (non-hydrogen) atoms. The van der Waals surface area contributed by atoms with Crippen LogP contribution in [-0.2, 0) is 4.74 Å². The summed E-state index contributed by atoms with van der Waals surface area (Å²) in [5.74, 6) is 0. The molecule has 2 fully saturated rings. The fourth-order valence-electron chi connectivity index (χ4n) is 1.76. The van der Waals surface area contributed by atoms with Crippen molar-refractivity contribution in [2.45, 2.75) is 38.3 Å². The van der Waals surface area contributed by atoms with E-state index in [9.17, 15) is 0 Å². The van der Waals surface area contributed by atoms with Crippen molar-refractivity contribution in [3.8, 4) is 0 Å². The molecule has 2 aliphatic rings. The van der Waals surface area contributed by atoms with Gasteiger partial charge in [-0.25, -0.2) is 0 Å². The van der Waals surface area contributed by atoms with Crippen molar-refractivity contribution in [3.63, 3.8) is 0 Å². The van der Waals surface area contributed by atoms with Crippen LogP contribution in [0.2, 0.25) is 0 Å². The highest BCUT2D eigenvalue weighted by molar-refractivity contribution is 4.87. The zero-order valence-corrected chi connectivity index (χ0v) is 7.25. The lowest BCUT2D eigenvalue weighted by atomic mass is 10.2. The van der Waals surface area contributed by atoms with Gasteiger partial charge in [0, 0.05) is 19.1 Å². The largest absolute Gasteiger partial charge is 0.376 e. The molecule has 0 aromatic rings. The van der Waals surface area contributed by atoms with Crippen molar-refractivity contribution in [2.24, 2.45) is 0 Å². The molecule has 1 aliphatic carbocycles. The zero-order chi connectivity index (χ0) is 7.68. The molecule has 0 aromatic heterocycles.